The summed E-state index contributed by atoms with van der Waals surface area (Å²) in [6.07, 6.45) is 0.916. The number of anilines is 1. The summed E-state index contributed by atoms with van der Waals surface area (Å²) in [5.74, 6) is 1.16. The average molecular weight is 251 g/mol. The summed E-state index contributed by atoms with van der Waals surface area (Å²) < 4.78 is 16.3. The summed E-state index contributed by atoms with van der Waals surface area (Å²) in [5, 5.41) is 2.72. The van der Waals surface area contributed by atoms with Gasteiger partial charge < -0.3 is 19.5 Å². The van der Waals surface area contributed by atoms with Crippen molar-refractivity contribution in [3.63, 3.8) is 0 Å². The SMILES string of the molecule is COc1ccc(NC(C)=O)cc1OC1CCOC1. The third-order valence-electron chi connectivity index (χ3n) is 2.67. The van der Waals surface area contributed by atoms with Crippen molar-refractivity contribution in [3.8, 4) is 11.5 Å². The lowest BCUT2D eigenvalue weighted by Crippen LogP contribution is -2.16. The lowest BCUT2D eigenvalue weighted by atomic mass is 10.2. The normalized spacial score (nSPS) is 18.4. The second-order valence-electron chi connectivity index (χ2n) is 4.15. The maximum absolute atomic E-state index is 11.0. The third kappa shape index (κ3) is 3.13. The molecule has 5 nitrogen and oxygen atoms in total. The van der Waals surface area contributed by atoms with E-state index < -0.39 is 0 Å². The molecule has 0 aliphatic carbocycles. The van der Waals surface area contributed by atoms with E-state index in [-0.39, 0.29) is 12.0 Å². The van der Waals surface area contributed by atoms with E-state index in [4.69, 9.17) is 14.2 Å². The van der Waals surface area contributed by atoms with Crippen molar-refractivity contribution < 1.29 is 19.0 Å². The largest absolute Gasteiger partial charge is 0.493 e. The van der Waals surface area contributed by atoms with Crippen LogP contribution in [0, 0.1) is 0 Å². The Morgan fingerprint density at radius 3 is 2.89 bits per heavy atom. The van der Waals surface area contributed by atoms with Crippen molar-refractivity contribution in [2.75, 3.05) is 25.6 Å². The van der Waals surface area contributed by atoms with Crippen LogP contribution in [0.25, 0.3) is 0 Å². The van der Waals surface area contributed by atoms with Crippen molar-refractivity contribution in [3.05, 3.63) is 18.2 Å². The molecular weight excluding hydrogens is 234 g/mol. The number of hydrogen-bond donors (Lipinski definition) is 1. The molecule has 0 aromatic heterocycles. The number of carbonyl (C=O) groups excluding carboxylic acids is 1. The predicted molar refractivity (Wildman–Crippen MR) is 67.1 cm³/mol. The Bertz CT molecular complexity index is 427. The highest BCUT2D eigenvalue weighted by Gasteiger charge is 2.19. The van der Waals surface area contributed by atoms with Crippen molar-refractivity contribution in [2.24, 2.45) is 0 Å². The summed E-state index contributed by atoms with van der Waals surface area (Å²) in [6, 6.07) is 5.31. The minimum atomic E-state index is -0.115. The molecule has 18 heavy (non-hydrogen) atoms. The van der Waals surface area contributed by atoms with Crippen LogP contribution in [-0.4, -0.2) is 32.3 Å². The minimum Gasteiger partial charge on any atom is -0.493 e. The first kappa shape index (κ1) is 12.7. The molecule has 1 heterocycles. The van der Waals surface area contributed by atoms with E-state index in [2.05, 4.69) is 5.32 Å². The molecule has 1 unspecified atom stereocenters. The highest BCUT2D eigenvalue weighted by molar-refractivity contribution is 5.89. The van der Waals surface area contributed by atoms with Crippen LogP contribution in [0.1, 0.15) is 13.3 Å². The van der Waals surface area contributed by atoms with Crippen LogP contribution >= 0.6 is 0 Å². The second kappa shape index (κ2) is 5.73. The van der Waals surface area contributed by atoms with Crippen LogP contribution in [-0.2, 0) is 9.53 Å². The molecule has 2 rings (SSSR count). The van der Waals surface area contributed by atoms with E-state index in [1.807, 2.05) is 0 Å². The number of nitrogens with one attached hydrogen (secondary N) is 1. The monoisotopic (exact) mass is 251 g/mol. The zero-order chi connectivity index (χ0) is 13.0. The Kier molecular flexibility index (Phi) is 4.04. The van der Waals surface area contributed by atoms with Crippen molar-refractivity contribution in [1.29, 1.82) is 0 Å². The maximum Gasteiger partial charge on any atom is 0.221 e. The van der Waals surface area contributed by atoms with Crippen LogP contribution < -0.4 is 14.8 Å². The van der Waals surface area contributed by atoms with Gasteiger partial charge in [-0.1, -0.05) is 0 Å². The first-order valence-electron chi connectivity index (χ1n) is 5.89. The van der Waals surface area contributed by atoms with Gasteiger partial charge in [0.1, 0.15) is 6.10 Å². The molecule has 1 aromatic rings. The first-order chi connectivity index (χ1) is 8.69. The average Bonchev–Trinajstić information content (AvgIpc) is 2.81. The molecule has 0 radical (unpaired) electrons. The van der Waals surface area contributed by atoms with Crippen LogP contribution in [0.3, 0.4) is 0 Å². The Morgan fingerprint density at radius 1 is 1.44 bits per heavy atom. The zero-order valence-electron chi connectivity index (χ0n) is 10.6. The molecule has 1 aromatic carbocycles. The highest BCUT2D eigenvalue weighted by Crippen LogP contribution is 2.32. The van der Waals surface area contributed by atoms with E-state index in [0.29, 0.717) is 23.8 Å². The first-order valence-corrected chi connectivity index (χ1v) is 5.89. The Morgan fingerprint density at radius 2 is 2.28 bits per heavy atom. The highest BCUT2D eigenvalue weighted by atomic mass is 16.6. The van der Waals surface area contributed by atoms with E-state index in [0.717, 1.165) is 13.0 Å². The molecule has 0 bridgehead atoms. The third-order valence-corrected chi connectivity index (χ3v) is 2.67. The number of methoxy groups -OCH3 is 1. The smallest absolute Gasteiger partial charge is 0.221 e. The van der Waals surface area contributed by atoms with Gasteiger partial charge in [-0.2, -0.15) is 0 Å². The van der Waals surface area contributed by atoms with Gasteiger partial charge in [-0.3, -0.25) is 4.79 Å². The molecule has 1 amide bonds. The van der Waals surface area contributed by atoms with E-state index in [9.17, 15) is 4.79 Å². The van der Waals surface area contributed by atoms with Gasteiger partial charge in [0.05, 0.1) is 20.3 Å². The zero-order valence-corrected chi connectivity index (χ0v) is 10.6. The number of carbonyl (C=O) groups is 1. The lowest BCUT2D eigenvalue weighted by molar-refractivity contribution is -0.114. The molecule has 98 valence electrons. The lowest BCUT2D eigenvalue weighted by Gasteiger charge is -2.16. The van der Waals surface area contributed by atoms with Crippen LogP contribution in [0.4, 0.5) is 5.69 Å². The number of hydrogen-bond acceptors (Lipinski definition) is 4. The van der Waals surface area contributed by atoms with E-state index >= 15 is 0 Å². The number of rotatable bonds is 4. The minimum absolute atomic E-state index is 0.0477. The molecule has 1 atom stereocenters. The Hall–Kier alpha value is -1.75. The van der Waals surface area contributed by atoms with Crippen LogP contribution in [0.15, 0.2) is 18.2 Å². The topological polar surface area (TPSA) is 56.8 Å². The molecule has 1 aliphatic heterocycles. The van der Waals surface area contributed by atoms with Gasteiger partial charge in [0.2, 0.25) is 5.91 Å². The number of amides is 1. The van der Waals surface area contributed by atoms with Gasteiger partial charge in [0.15, 0.2) is 11.5 Å². The molecule has 1 saturated heterocycles. The van der Waals surface area contributed by atoms with Gasteiger partial charge in [-0.05, 0) is 12.1 Å². The van der Waals surface area contributed by atoms with E-state index in [1.54, 1.807) is 25.3 Å². The summed E-state index contributed by atoms with van der Waals surface area (Å²) in [6.45, 7) is 2.78. The fourth-order valence-electron chi connectivity index (χ4n) is 1.84. The second-order valence-corrected chi connectivity index (χ2v) is 4.15. The van der Waals surface area contributed by atoms with Crippen molar-refractivity contribution in [1.82, 2.24) is 0 Å². The predicted octanol–water partition coefficient (Wildman–Crippen LogP) is 1.82. The Balaban J connectivity index is 2.15. The molecule has 1 fully saturated rings. The molecule has 1 aliphatic rings. The maximum atomic E-state index is 11.0. The van der Waals surface area contributed by atoms with Gasteiger partial charge in [-0.15, -0.1) is 0 Å². The van der Waals surface area contributed by atoms with Crippen LogP contribution in [0.5, 0.6) is 11.5 Å². The van der Waals surface area contributed by atoms with Gasteiger partial charge >= 0.3 is 0 Å². The van der Waals surface area contributed by atoms with Crippen molar-refractivity contribution in [2.45, 2.75) is 19.4 Å². The van der Waals surface area contributed by atoms with Gasteiger partial charge in [0.25, 0.3) is 0 Å². The summed E-state index contributed by atoms with van der Waals surface area (Å²) in [7, 11) is 1.59. The van der Waals surface area contributed by atoms with Gasteiger partial charge in [-0.25, -0.2) is 0 Å². The molecule has 1 N–H and O–H groups in total. The van der Waals surface area contributed by atoms with Crippen molar-refractivity contribution >= 4 is 11.6 Å². The number of benzene rings is 1. The molecule has 0 saturated carbocycles. The summed E-state index contributed by atoms with van der Waals surface area (Å²) >= 11 is 0. The standard InChI is InChI=1S/C13H17NO4/c1-9(15)14-10-3-4-12(16-2)13(7-10)18-11-5-6-17-8-11/h3-4,7,11H,5-6,8H2,1-2H3,(H,14,15). The Labute approximate surface area is 106 Å². The number of ether oxygens (including phenoxy) is 3. The fraction of sp³-hybridized carbons (Fsp3) is 0.462. The summed E-state index contributed by atoms with van der Waals surface area (Å²) in [5.41, 5.74) is 0.692. The van der Waals surface area contributed by atoms with Gasteiger partial charge in [0, 0.05) is 25.1 Å². The quantitative estimate of drug-likeness (QED) is 0.886. The van der Waals surface area contributed by atoms with Crippen LogP contribution in [0.2, 0.25) is 0 Å². The van der Waals surface area contributed by atoms with E-state index in [1.165, 1.54) is 6.92 Å². The molecule has 0 spiro atoms. The molecule has 5 heteroatoms. The fourth-order valence-corrected chi connectivity index (χ4v) is 1.84. The molecular formula is C13H17NO4. The summed E-state index contributed by atoms with van der Waals surface area (Å²) in [4.78, 5) is 11.0.